The third-order valence-electron chi connectivity index (χ3n) is 5.10. The molecule has 0 saturated heterocycles. The lowest BCUT2D eigenvalue weighted by Gasteiger charge is -2.18. The lowest BCUT2D eigenvalue weighted by molar-refractivity contribution is -0.143. The zero-order valence-corrected chi connectivity index (χ0v) is 22.6. The van der Waals surface area contributed by atoms with E-state index in [1.54, 1.807) is 18.2 Å². The van der Waals surface area contributed by atoms with E-state index in [4.69, 9.17) is 23.7 Å². The lowest BCUT2D eigenvalue weighted by Crippen LogP contribution is -2.41. The predicted octanol–water partition coefficient (Wildman–Crippen LogP) is 4.36. The molecular formula is C27H41NO9. The van der Waals surface area contributed by atoms with Gasteiger partial charge >= 0.3 is 24.1 Å². The fraction of sp³-hybridized carbons (Fsp3) is 0.630. The molecule has 0 fully saturated rings. The van der Waals surface area contributed by atoms with E-state index in [2.05, 4.69) is 5.32 Å². The minimum Gasteiger partial charge on any atom is -0.468 e. The second-order valence-electron chi connectivity index (χ2n) is 8.97. The van der Waals surface area contributed by atoms with Gasteiger partial charge in [-0.3, -0.25) is 14.4 Å². The molecule has 0 saturated carbocycles. The van der Waals surface area contributed by atoms with Gasteiger partial charge in [-0.25, -0.2) is 4.79 Å². The number of rotatable bonds is 17. The number of methoxy groups -OCH3 is 1. The Kier molecular flexibility index (Phi) is 15.6. The van der Waals surface area contributed by atoms with Crippen LogP contribution in [0.5, 0.6) is 11.5 Å². The largest absolute Gasteiger partial charge is 0.508 e. The Morgan fingerprint density at radius 3 is 2.08 bits per heavy atom. The maximum Gasteiger partial charge on any atom is 0.508 e. The quantitative estimate of drug-likeness (QED) is 0.179. The minimum absolute atomic E-state index is 0.00262. The van der Waals surface area contributed by atoms with Crippen molar-refractivity contribution in [2.75, 3.05) is 26.9 Å². The number of carbonyl (C=O) groups excluding carboxylic acids is 4. The molecule has 0 bridgehead atoms. The molecule has 0 aromatic heterocycles. The molecule has 1 atom stereocenters. The highest BCUT2D eigenvalue weighted by molar-refractivity contribution is 5.77. The summed E-state index contributed by atoms with van der Waals surface area (Å²) in [6.07, 6.45) is 2.94. The van der Waals surface area contributed by atoms with Gasteiger partial charge in [-0.1, -0.05) is 46.6 Å². The first-order chi connectivity index (χ1) is 17.7. The summed E-state index contributed by atoms with van der Waals surface area (Å²) in [5.74, 6) is -0.917. The second kappa shape index (κ2) is 18.2. The highest BCUT2D eigenvalue weighted by Crippen LogP contribution is 2.30. The summed E-state index contributed by atoms with van der Waals surface area (Å²) in [4.78, 5) is 48.4. The molecule has 1 N–H and O–H groups in total. The van der Waals surface area contributed by atoms with E-state index in [1.165, 1.54) is 7.11 Å². The molecule has 0 heterocycles. The fourth-order valence-electron chi connectivity index (χ4n) is 3.09. The number of ether oxygens (including phenoxy) is 5. The summed E-state index contributed by atoms with van der Waals surface area (Å²) >= 11 is 0. The van der Waals surface area contributed by atoms with Gasteiger partial charge in [0.1, 0.15) is 12.6 Å². The molecule has 37 heavy (non-hydrogen) atoms. The van der Waals surface area contributed by atoms with Crippen molar-refractivity contribution in [3.8, 4) is 11.5 Å². The monoisotopic (exact) mass is 523 g/mol. The van der Waals surface area contributed by atoms with Crippen LogP contribution >= 0.6 is 0 Å². The number of unbranched alkanes of at least 4 members (excludes halogenated alkanes) is 2. The highest BCUT2D eigenvalue weighted by Gasteiger charge is 2.21. The normalized spacial score (nSPS) is 11.5. The average Bonchev–Trinajstić information content (AvgIpc) is 2.87. The van der Waals surface area contributed by atoms with Crippen molar-refractivity contribution in [3.63, 3.8) is 0 Å². The molecule has 1 rings (SSSR count). The number of esters is 3. The van der Waals surface area contributed by atoms with Gasteiger partial charge in [0.05, 0.1) is 13.7 Å². The minimum atomic E-state index is -0.774. The van der Waals surface area contributed by atoms with Gasteiger partial charge in [0.15, 0.2) is 11.5 Å². The van der Waals surface area contributed by atoms with Crippen LogP contribution < -0.4 is 14.8 Å². The van der Waals surface area contributed by atoms with Crippen LogP contribution in [0.4, 0.5) is 4.79 Å². The van der Waals surface area contributed by atoms with Crippen molar-refractivity contribution in [2.24, 2.45) is 5.92 Å². The lowest BCUT2D eigenvalue weighted by atomic mass is 10.1. The Labute approximate surface area is 219 Å². The van der Waals surface area contributed by atoms with Crippen LogP contribution in [0.25, 0.3) is 0 Å². The van der Waals surface area contributed by atoms with Crippen molar-refractivity contribution in [2.45, 2.75) is 78.7 Å². The maximum absolute atomic E-state index is 12.3. The molecule has 0 amide bonds. The standard InChI is InChI=1S/C27H41NO9/c1-6-8-10-24(29)36-22-13-12-20(17-23(22)37-25(30)11-9-7-2)16-21(26(31)33-5)28-14-15-34-27(32)35-18-19(3)4/h12-13,17,19,21,28H,6-11,14-16,18H2,1-5H3/t21-/m0/s1. The van der Waals surface area contributed by atoms with E-state index in [1.807, 2.05) is 27.7 Å². The molecule has 0 spiro atoms. The first-order valence-corrected chi connectivity index (χ1v) is 12.8. The zero-order chi connectivity index (χ0) is 27.6. The predicted molar refractivity (Wildman–Crippen MR) is 136 cm³/mol. The third-order valence-corrected chi connectivity index (χ3v) is 5.10. The topological polar surface area (TPSA) is 126 Å². The summed E-state index contributed by atoms with van der Waals surface area (Å²) in [7, 11) is 1.27. The smallest absolute Gasteiger partial charge is 0.468 e. The van der Waals surface area contributed by atoms with Crippen LogP contribution in [0.3, 0.4) is 0 Å². The van der Waals surface area contributed by atoms with E-state index in [-0.39, 0.29) is 56.4 Å². The van der Waals surface area contributed by atoms with E-state index >= 15 is 0 Å². The van der Waals surface area contributed by atoms with Crippen LogP contribution in [0, 0.1) is 5.92 Å². The molecule has 0 aliphatic rings. The van der Waals surface area contributed by atoms with Gasteiger partial charge in [0.2, 0.25) is 0 Å². The van der Waals surface area contributed by atoms with Gasteiger partial charge in [-0.05, 0) is 42.9 Å². The number of nitrogens with one attached hydrogen (secondary N) is 1. The summed E-state index contributed by atoms with van der Waals surface area (Å²) in [5, 5.41) is 3.00. The summed E-state index contributed by atoms with van der Waals surface area (Å²) in [5.41, 5.74) is 0.645. The van der Waals surface area contributed by atoms with Crippen LogP contribution in [0.1, 0.15) is 71.8 Å². The van der Waals surface area contributed by atoms with E-state index in [9.17, 15) is 19.2 Å². The van der Waals surface area contributed by atoms with Crippen molar-refractivity contribution < 1.29 is 42.9 Å². The molecule has 0 aliphatic heterocycles. The Balaban J connectivity index is 2.90. The van der Waals surface area contributed by atoms with Crippen LogP contribution in [0.2, 0.25) is 0 Å². The maximum atomic E-state index is 12.3. The summed E-state index contributed by atoms with van der Waals surface area (Å²) in [6.45, 7) is 8.20. The molecular weight excluding hydrogens is 482 g/mol. The Morgan fingerprint density at radius 2 is 1.51 bits per heavy atom. The van der Waals surface area contributed by atoms with Crippen molar-refractivity contribution in [1.29, 1.82) is 0 Å². The second-order valence-corrected chi connectivity index (χ2v) is 8.97. The fourth-order valence-corrected chi connectivity index (χ4v) is 3.09. The molecule has 0 radical (unpaired) electrons. The Bertz CT molecular complexity index is 869. The number of hydrogen-bond donors (Lipinski definition) is 1. The molecule has 10 heteroatoms. The highest BCUT2D eigenvalue weighted by atomic mass is 16.7. The summed E-state index contributed by atoms with van der Waals surface area (Å²) < 4.78 is 25.8. The molecule has 1 aromatic rings. The third kappa shape index (κ3) is 13.7. The van der Waals surface area contributed by atoms with Crippen LogP contribution in [-0.4, -0.2) is 57.0 Å². The molecule has 1 aromatic carbocycles. The number of carbonyl (C=O) groups is 4. The van der Waals surface area contributed by atoms with Crippen molar-refractivity contribution in [1.82, 2.24) is 5.32 Å². The molecule has 0 aliphatic carbocycles. The first-order valence-electron chi connectivity index (χ1n) is 12.8. The van der Waals surface area contributed by atoms with Crippen molar-refractivity contribution in [3.05, 3.63) is 23.8 Å². The van der Waals surface area contributed by atoms with Crippen LogP contribution in [-0.2, 0) is 35.0 Å². The zero-order valence-electron chi connectivity index (χ0n) is 22.6. The molecule has 0 unspecified atom stereocenters. The van der Waals surface area contributed by atoms with Gasteiger partial charge < -0.3 is 29.0 Å². The van der Waals surface area contributed by atoms with E-state index < -0.39 is 30.1 Å². The van der Waals surface area contributed by atoms with Crippen LogP contribution in [0.15, 0.2) is 18.2 Å². The Morgan fingerprint density at radius 1 is 0.892 bits per heavy atom. The van der Waals surface area contributed by atoms with Crippen molar-refractivity contribution >= 4 is 24.1 Å². The molecule has 10 nitrogen and oxygen atoms in total. The molecule has 208 valence electrons. The van der Waals surface area contributed by atoms with Gasteiger partial charge in [0, 0.05) is 19.4 Å². The van der Waals surface area contributed by atoms with Gasteiger partial charge in [0.25, 0.3) is 0 Å². The Hall–Kier alpha value is -3.14. The van der Waals surface area contributed by atoms with E-state index in [0.29, 0.717) is 18.4 Å². The van der Waals surface area contributed by atoms with Gasteiger partial charge in [-0.2, -0.15) is 0 Å². The number of hydrogen-bond acceptors (Lipinski definition) is 10. The number of benzene rings is 1. The summed E-state index contributed by atoms with van der Waals surface area (Å²) in [6, 6.07) is 4.04. The first kappa shape index (κ1) is 31.9. The SMILES string of the molecule is CCCCC(=O)Oc1ccc(C[C@H](NCCOC(=O)OCC(C)C)C(=O)OC)cc1OC(=O)CCCC. The van der Waals surface area contributed by atoms with E-state index in [0.717, 1.165) is 12.8 Å². The van der Waals surface area contributed by atoms with Gasteiger partial charge in [-0.15, -0.1) is 0 Å². The average molecular weight is 524 g/mol.